The lowest BCUT2D eigenvalue weighted by Crippen LogP contribution is -2.27. The first-order chi connectivity index (χ1) is 9.79. The highest BCUT2D eigenvalue weighted by Crippen LogP contribution is 2.31. The van der Waals surface area contributed by atoms with Crippen molar-refractivity contribution in [3.05, 3.63) is 48.0 Å². The number of para-hydroxylation sites is 1. The SMILES string of the molecule is OB1OCc2ccc(Oc3nc4ccccc4s3)cc21. The number of hydrogen-bond acceptors (Lipinski definition) is 5. The predicted molar refractivity (Wildman–Crippen MR) is 78.5 cm³/mol. The van der Waals surface area contributed by atoms with Gasteiger partial charge in [0, 0.05) is 0 Å². The molecule has 2 heterocycles. The maximum atomic E-state index is 9.70. The average Bonchev–Trinajstić information content (AvgIpc) is 3.02. The van der Waals surface area contributed by atoms with Crippen LogP contribution in [0.1, 0.15) is 5.56 Å². The van der Waals surface area contributed by atoms with Crippen LogP contribution in [0.5, 0.6) is 10.9 Å². The third-order valence-electron chi connectivity index (χ3n) is 3.26. The Kier molecular flexibility index (Phi) is 2.73. The van der Waals surface area contributed by atoms with Crippen LogP contribution in [0.4, 0.5) is 0 Å². The lowest BCUT2D eigenvalue weighted by molar-refractivity contribution is 0.275. The van der Waals surface area contributed by atoms with E-state index in [1.807, 2.05) is 36.4 Å². The molecule has 4 rings (SSSR count). The highest BCUT2D eigenvalue weighted by molar-refractivity contribution is 7.20. The molecule has 0 saturated heterocycles. The molecule has 0 spiro atoms. The highest BCUT2D eigenvalue weighted by atomic mass is 32.1. The molecule has 20 heavy (non-hydrogen) atoms. The smallest absolute Gasteiger partial charge is 0.431 e. The van der Waals surface area contributed by atoms with Crippen LogP contribution >= 0.6 is 11.3 Å². The molecule has 0 unspecified atom stereocenters. The van der Waals surface area contributed by atoms with Gasteiger partial charge in [-0.15, -0.1) is 0 Å². The summed E-state index contributed by atoms with van der Waals surface area (Å²) in [4.78, 5) is 4.42. The Morgan fingerprint density at radius 3 is 3.05 bits per heavy atom. The molecular weight excluding hydrogens is 273 g/mol. The fourth-order valence-corrected chi connectivity index (χ4v) is 3.09. The molecule has 2 aromatic carbocycles. The summed E-state index contributed by atoms with van der Waals surface area (Å²) in [6.45, 7) is 0.442. The van der Waals surface area contributed by atoms with Crippen LogP contribution in [0.3, 0.4) is 0 Å². The molecule has 0 amide bonds. The van der Waals surface area contributed by atoms with Crippen molar-refractivity contribution in [1.29, 1.82) is 0 Å². The average molecular weight is 283 g/mol. The minimum atomic E-state index is -0.857. The van der Waals surface area contributed by atoms with E-state index in [1.165, 1.54) is 11.3 Å². The van der Waals surface area contributed by atoms with Crippen LogP contribution in [-0.4, -0.2) is 17.1 Å². The first-order valence-electron chi connectivity index (χ1n) is 6.25. The molecule has 1 aliphatic heterocycles. The van der Waals surface area contributed by atoms with Crippen molar-refractivity contribution < 1.29 is 14.4 Å². The monoisotopic (exact) mass is 283 g/mol. The second-order valence-corrected chi connectivity index (χ2v) is 5.57. The van der Waals surface area contributed by atoms with Crippen molar-refractivity contribution in [3.8, 4) is 10.9 Å². The van der Waals surface area contributed by atoms with Gasteiger partial charge >= 0.3 is 7.12 Å². The van der Waals surface area contributed by atoms with Gasteiger partial charge in [0.1, 0.15) is 5.75 Å². The summed E-state index contributed by atoms with van der Waals surface area (Å²) in [6, 6.07) is 13.5. The first kappa shape index (κ1) is 11.9. The molecule has 0 saturated carbocycles. The second kappa shape index (κ2) is 4.59. The molecule has 0 radical (unpaired) electrons. The lowest BCUT2D eigenvalue weighted by Gasteiger charge is -2.04. The summed E-state index contributed by atoms with van der Waals surface area (Å²) in [6.07, 6.45) is 0. The van der Waals surface area contributed by atoms with E-state index < -0.39 is 7.12 Å². The number of benzene rings is 2. The molecule has 0 atom stereocenters. The Balaban J connectivity index is 1.67. The number of ether oxygens (including phenoxy) is 1. The zero-order chi connectivity index (χ0) is 13.5. The number of nitrogens with zero attached hydrogens (tertiary/aromatic N) is 1. The van der Waals surface area contributed by atoms with Gasteiger partial charge in [-0.2, -0.15) is 0 Å². The van der Waals surface area contributed by atoms with Gasteiger partial charge in [0.05, 0.1) is 16.8 Å². The molecule has 4 nitrogen and oxygen atoms in total. The van der Waals surface area contributed by atoms with Gasteiger partial charge in [-0.3, -0.25) is 0 Å². The minimum absolute atomic E-state index is 0.442. The van der Waals surface area contributed by atoms with Gasteiger partial charge in [-0.25, -0.2) is 4.98 Å². The molecule has 1 aliphatic rings. The Labute approximate surface area is 119 Å². The fraction of sp³-hybridized carbons (Fsp3) is 0.0714. The van der Waals surface area contributed by atoms with E-state index in [4.69, 9.17) is 9.39 Å². The van der Waals surface area contributed by atoms with E-state index in [9.17, 15) is 5.02 Å². The molecule has 98 valence electrons. The van der Waals surface area contributed by atoms with Crippen LogP contribution in [0, 0.1) is 0 Å². The van der Waals surface area contributed by atoms with E-state index in [0.29, 0.717) is 17.6 Å². The van der Waals surface area contributed by atoms with E-state index in [1.54, 1.807) is 6.07 Å². The molecule has 0 aliphatic carbocycles. The van der Waals surface area contributed by atoms with Crippen LogP contribution < -0.4 is 10.2 Å². The summed E-state index contributed by atoms with van der Waals surface area (Å²) in [5.41, 5.74) is 2.69. The fourth-order valence-electron chi connectivity index (χ4n) is 2.25. The zero-order valence-electron chi connectivity index (χ0n) is 10.4. The Morgan fingerprint density at radius 1 is 1.25 bits per heavy atom. The summed E-state index contributed by atoms with van der Waals surface area (Å²) < 4.78 is 12.0. The van der Waals surface area contributed by atoms with Gasteiger partial charge < -0.3 is 14.4 Å². The van der Waals surface area contributed by atoms with Gasteiger partial charge in [0.25, 0.3) is 5.19 Å². The number of aromatic nitrogens is 1. The molecule has 1 aromatic heterocycles. The van der Waals surface area contributed by atoms with Crippen LogP contribution in [-0.2, 0) is 11.3 Å². The van der Waals surface area contributed by atoms with Gasteiger partial charge in [-0.1, -0.05) is 29.5 Å². The number of thiazole rings is 1. The molecule has 3 aromatic rings. The standard InChI is InChI=1S/C14H10BNO3S/c17-15-11-7-10(6-5-9(11)8-18-15)19-14-16-12-3-1-2-4-13(12)20-14/h1-7,17H,8H2. The van der Waals surface area contributed by atoms with Gasteiger partial charge in [0.2, 0.25) is 0 Å². The van der Waals surface area contributed by atoms with E-state index in [2.05, 4.69) is 4.98 Å². The van der Waals surface area contributed by atoms with Crippen molar-refractivity contribution in [3.63, 3.8) is 0 Å². The Hall–Kier alpha value is -1.89. The quantitative estimate of drug-likeness (QED) is 0.733. The van der Waals surface area contributed by atoms with Crippen molar-refractivity contribution >= 4 is 34.1 Å². The molecular formula is C14H10BNO3S. The second-order valence-electron chi connectivity index (χ2n) is 4.57. The maximum absolute atomic E-state index is 9.70. The lowest BCUT2D eigenvalue weighted by atomic mass is 9.79. The third kappa shape index (κ3) is 1.98. The summed E-state index contributed by atoms with van der Waals surface area (Å²) in [7, 11) is -0.857. The number of rotatable bonds is 2. The van der Waals surface area contributed by atoms with E-state index in [0.717, 1.165) is 21.2 Å². The van der Waals surface area contributed by atoms with Gasteiger partial charge in [-0.05, 0) is 35.3 Å². The Bertz CT molecular complexity index is 756. The zero-order valence-corrected chi connectivity index (χ0v) is 11.3. The largest absolute Gasteiger partial charge is 0.491 e. The molecule has 1 N–H and O–H groups in total. The van der Waals surface area contributed by atoms with Crippen molar-refractivity contribution in [1.82, 2.24) is 4.98 Å². The predicted octanol–water partition coefficient (Wildman–Crippen LogP) is 2.31. The van der Waals surface area contributed by atoms with Crippen molar-refractivity contribution in [2.45, 2.75) is 6.61 Å². The first-order valence-corrected chi connectivity index (χ1v) is 7.07. The van der Waals surface area contributed by atoms with Crippen molar-refractivity contribution in [2.24, 2.45) is 0 Å². The summed E-state index contributed by atoms with van der Waals surface area (Å²) >= 11 is 1.50. The number of fused-ring (bicyclic) bond motifs is 2. The van der Waals surface area contributed by atoms with Crippen LogP contribution in [0.15, 0.2) is 42.5 Å². The third-order valence-corrected chi connectivity index (χ3v) is 4.17. The molecule has 0 bridgehead atoms. The van der Waals surface area contributed by atoms with Crippen LogP contribution in [0.2, 0.25) is 0 Å². The topological polar surface area (TPSA) is 51.6 Å². The van der Waals surface area contributed by atoms with E-state index in [-0.39, 0.29) is 0 Å². The summed E-state index contributed by atoms with van der Waals surface area (Å²) in [5, 5.41) is 10.3. The number of hydrogen-bond donors (Lipinski definition) is 1. The van der Waals surface area contributed by atoms with Gasteiger partial charge in [0.15, 0.2) is 0 Å². The normalized spacial score (nSPS) is 13.8. The molecule has 0 fully saturated rings. The maximum Gasteiger partial charge on any atom is 0.491 e. The molecule has 6 heteroatoms. The van der Waals surface area contributed by atoms with E-state index >= 15 is 0 Å². The minimum Gasteiger partial charge on any atom is -0.431 e. The highest BCUT2D eigenvalue weighted by Gasteiger charge is 2.27. The summed E-state index contributed by atoms with van der Waals surface area (Å²) in [5.74, 6) is 0.660. The van der Waals surface area contributed by atoms with Crippen molar-refractivity contribution in [2.75, 3.05) is 0 Å². The van der Waals surface area contributed by atoms with Crippen LogP contribution in [0.25, 0.3) is 10.2 Å². The Morgan fingerprint density at radius 2 is 2.15 bits per heavy atom.